The summed E-state index contributed by atoms with van der Waals surface area (Å²) in [6.45, 7) is 5.37. The van der Waals surface area contributed by atoms with Crippen molar-refractivity contribution in [2.75, 3.05) is 19.8 Å². The number of hydrogen-bond donors (Lipinski definition) is 0. The fraction of sp³-hybridized carbons (Fsp3) is 0.500. The maximum Gasteiger partial charge on any atom is 0.292 e. The summed E-state index contributed by atoms with van der Waals surface area (Å²) in [7, 11) is 0. The molecule has 0 spiro atoms. The molecular weight excluding hydrogens is 296 g/mol. The molecule has 1 saturated heterocycles. The quantitative estimate of drug-likeness (QED) is 0.851. The van der Waals surface area contributed by atoms with E-state index < -0.39 is 0 Å². The van der Waals surface area contributed by atoms with Gasteiger partial charge >= 0.3 is 0 Å². The van der Waals surface area contributed by atoms with Gasteiger partial charge in [0.05, 0.1) is 36.3 Å². The molecule has 0 N–H and O–H groups in total. The molecule has 7 heteroatoms. The van der Waals surface area contributed by atoms with Crippen molar-refractivity contribution < 1.29 is 14.1 Å². The minimum atomic E-state index is -0.130. The van der Waals surface area contributed by atoms with Crippen LogP contribution < -0.4 is 0 Å². The lowest BCUT2D eigenvalue weighted by Crippen LogP contribution is -2.48. The second-order valence-electron chi connectivity index (χ2n) is 5.69. The minimum absolute atomic E-state index is 0.00284. The molecule has 7 nitrogen and oxygen atoms in total. The number of amides is 1. The molecule has 1 atom stereocenters. The Hall–Kier alpha value is -2.28. The number of rotatable bonds is 4. The van der Waals surface area contributed by atoms with Crippen LogP contribution in [-0.4, -0.2) is 51.7 Å². The Balaban J connectivity index is 1.69. The third-order valence-electron chi connectivity index (χ3n) is 4.02. The van der Waals surface area contributed by atoms with Crippen LogP contribution in [0.3, 0.4) is 0 Å². The number of aryl methyl sites for hydroxylation is 3. The average molecular weight is 316 g/mol. The Morgan fingerprint density at radius 2 is 2.17 bits per heavy atom. The van der Waals surface area contributed by atoms with Crippen LogP contribution in [0.5, 0.6) is 0 Å². The SMILES string of the molecule is Cc1cc(C(=O)N2CCOC[C@H]2CCc2nccnc2C)on1. The fourth-order valence-electron chi connectivity index (χ4n) is 2.75. The summed E-state index contributed by atoms with van der Waals surface area (Å²) in [5.74, 6) is 0.153. The summed E-state index contributed by atoms with van der Waals surface area (Å²) >= 11 is 0. The monoisotopic (exact) mass is 316 g/mol. The number of morpholine rings is 1. The van der Waals surface area contributed by atoms with Crippen LogP contribution in [0.25, 0.3) is 0 Å². The first-order chi connectivity index (χ1) is 11.1. The van der Waals surface area contributed by atoms with Crippen molar-refractivity contribution in [1.82, 2.24) is 20.0 Å². The van der Waals surface area contributed by atoms with Gasteiger partial charge in [0.1, 0.15) is 0 Å². The second kappa shape index (κ2) is 6.87. The van der Waals surface area contributed by atoms with E-state index in [0.29, 0.717) is 25.5 Å². The maximum absolute atomic E-state index is 12.6. The van der Waals surface area contributed by atoms with Crippen molar-refractivity contribution in [3.63, 3.8) is 0 Å². The Labute approximate surface area is 134 Å². The summed E-state index contributed by atoms with van der Waals surface area (Å²) in [6.07, 6.45) is 4.91. The van der Waals surface area contributed by atoms with Crippen LogP contribution in [0.15, 0.2) is 23.0 Å². The van der Waals surface area contributed by atoms with E-state index in [2.05, 4.69) is 15.1 Å². The zero-order valence-corrected chi connectivity index (χ0v) is 13.4. The fourth-order valence-corrected chi connectivity index (χ4v) is 2.75. The molecule has 2 aromatic rings. The third kappa shape index (κ3) is 3.56. The van der Waals surface area contributed by atoms with E-state index in [1.807, 2.05) is 11.8 Å². The van der Waals surface area contributed by atoms with Gasteiger partial charge in [0.15, 0.2) is 0 Å². The summed E-state index contributed by atoms with van der Waals surface area (Å²) in [4.78, 5) is 23.0. The number of aromatic nitrogens is 3. The van der Waals surface area contributed by atoms with E-state index in [1.165, 1.54) is 0 Å². The molecule has 1 fully saturated rings. The lowest BCUT2D eigenvalue weighted by molar-refractivity contribution is -0.00604. The number of ether oxygens (including phenoxy) is 1. The van der Waals surface area contributed by atoms with Crippen LogP contribution in [0.1, 0.15) is 34.1 Å². The molecule has 3 heterocycles. The molecular formula is C16H20N4O3. The zero-order valence-electron chi connectivity index (χ0n) is 13.4. The average Bonchev–Trinajstić information content (AvgIpc) is 3.00. The van der Waals surface area contributed by atoms with Gasteiger partial charge in [-0.3, -0.25) is 14.8 Å². The van der Waals surface area contributed by atoms with Gasteiger partial charge in [-0.1, -0.05) is 5.16 Å². The standard InChI is InChI=1S/C16H20N4O3/c1-11-9-15(23-19-11)16(21)20-7-8-22-10-13(20)3-4-14-12(2)17-5-6-18-14/h5-6,9,13H,3-4,7-8,10H2,1-2H3/t13-/m1/s1. The Morgan fingerprint density at radius 1 is 1.35 bits per heavy atom. The smallest absolute Gasteiger partial charge is 0.292 e. The molecule has 0 saturated carbocycles. The highest BCUT2D eigenvalue weighted by Crippen LogP contribution is 2.18. The number of nitrogens with zero attached hydrogens (tertiary/aromatic N) is 4. The highest BCUT2D eigenvalue weighted by atomic mass is 16.5. The third-order valence-corrected chi connectivity index (χ3v) is 4.02. The number of hydrogen-bond acceptors (Lipinski definition) is 6. The highest BCUT2D eigenvalue weighted by molar-refractivity contribution is 5.91. The van der Waals surface area contributed by atoms with Gasteiger partial charge in [-0.25, -0.2) is 0 Å². The summed E-state index contributed by atoms with van der Waals surface area (Å²) in [5, 5.41) is 3.79. The molecule has 3 rings (SSSR count). The van der Waals surface area contributed by atoms with Gasteiger partial charge in [-0.05, 0) is 26.7 Å². The van der Waals surface area contributed by atoms with Crippen molar-refractivity contribution in [2.45, 2.75) is 32.7 Å². The van der Waals surface area contributed by atoms with Gasteiger partial charge in [-0.15, -0.1) is 0 Å². The Kier molecular flexibility index (Phi) is 4.66. The first-order valence-electron chi connectivity index (χ1n) is 7.73. The molecule has 0 bridgehead atoms. The summed E-state index contributed by atoms with van der Waals surface area (Å²) in [6, 6.07) is 1.67. The molecule has 0 radical (unpaired) electrons. The summed E-state index contributed by atoms with van der Waals surface area (Å²) < 4.78 is 10.7. The van der Waals surface area contributed by atoms with E-state index in [-0.39, 0.29) is 17.7 Å². The molecule has 1 aliphatic heterocycles. The first kappa shape index (κ1) is 15.6. The van der Waals surface area contributed by atoms with Crippen molar-refractivity contribution in [2.24, 2.45) is 0 Å². The van der Waals surface area contributed by atoms with Crippen LogP contribution >= 0.6 is 0 Å². The van der Waals surface area contributed by atoms with Crippen molar-refractivity contribution in [3.8, 4) is 0 Å². The molecule has 0 aliphatic carbocycles. The second-order valence-corrected chi connectivity index (χ2v) is 5.69. The van der Waals surface area contributed by atoms with Crippen LogP contribution in [-0.2, 0) is 11.2 Å². The van der Waals surface area contributed by atoms with Crippen molar-refractivity contribution >= 4 is 5.91 Å². The van der Waals surface area contributed by atoms with Crippen molar-refractivity contribution in [3.05, 3.63) is 41.3 Å². The highest BCUT2D eigenvalue weighted by Gasteiger charge is 2.30. The predicted octanol–water partition coefficient (Wildman–Crippen LogP) is 1.56. The number of carbonyl (C=O) groups is 1. The normalized spacial score (nSPS) is 18.2. The van der Waals surface area contributed by atoms with Crippen LogP contribution in [0.2, 0.25) is 0 Å². The lowest BCUT2D eigenvalue weighted by Gasteiger charge is -2.35. The molecule has 0 aromatic carbocycles. The van der Waals surface area contributed by atoms with Crippen LogP contribution in [0, 0.1) is 13.8 Å². The summed E-state index contributed by atoms with van der Waals surface area (Å²) in [5.41, 5.74) is 2.59. The topological polar surface area (TPSA) is 81.4 Å². The largest absolute Gasteiger partial charge is 0.377 e. The van der Waals surface area contributed by atoms with E-state index in [9.17, 15) is 4.79 Å². The van der Waals surface area contributed by atoms with E-state index in [1.54, 1.807) is 25.4 Å². The molecule has 0 unspecified atom stereocenters. The molecule has 122 valence electrons. The number of carbonyl (C=O) groups excluding carboxylic acids is 1. The Morgan fingerprint density at radius 3 is 2.91 bits per heavy atom. The van der Waals surface area contributed by atoms with E-state index in [4.69, 9.17) is 9.26 Å². The predicted molar refractivity (Wildman–Crippen MR) is 82.0 cm³/mol. The molecule has 1 amide bonds. The molecule has 2 aromatic heterocycles. The maximum atomic E-state index is 12.6. The lowest BCUT2D eigenvalue weighted by atomic mass is 10.1. The Bertz CT molecular complexity index is 685. The molecule has 23 heavy (non-hydrogen) atoms. The van der Waals surface area contributed by atoms with Crippen molar-refractivity contribution in [1.29, 1.82) is 0 Å². The van der Waals surface area contributed by atoms with Gasteiger partial charge in [0.2, 0.25) is 5.76 Å². The zero-order chi connectivity index (χ0) is 16.2. The first-order valence-corrected chi connectivity index (χ1v) is 7.73. The van der Waals surface area contributed by atoms with Gasteiger partial charge in [0, 0.05) is 25.0 Å². The molecule has 1 aliphatic rings. The minimum Gasteiger partial charge on any atom is -0.377 e. The van der Waals surface area contributed by atoms with E-state index >= 15 is 0 Å². The van der Waals surface area contributed by atoms with Gasteiger partial charge in [0.25, 0.3) is 5.91 Å². The van der Waals surface area contributed by atoms with E-state index in [0.717, 1.165) is 24.2 Å². The van der Waals surface area contributed by atoms with Gasteiger partial charge in [-0.2, -0.15) is 0 Å². The van der Waals surface area contributed by atoms with Gasteiger partial charge < -0.3 is 14.2 Å². The van der Waals surface area contributed by atoms with Crippen LogP contribution in [0.4, 0.5) is 0 Å².